The second-order valence-electron chi connectivity index (χ2n) is 5.52. The van der Waals surface area contributed by atoms with E-state index in [4.69, 9.17) is 9.47 Å². The molecule has 2 aromatic carbocycles. The first-order valence-electron chi connectivity index (χ1n) is 7.33. The third kappa shape index (κ3) is 2.25. The van der Waals surface area contributed by atoms with Crippen LogP contribution in [0.3, 0.4) is 0 Å². The molecule has 2 unspecified atom stereocenters. The quantitative estimate of drug-likeness (QED) is 0.800. The van der Waals surface area contributed by atoms with Crippen LogP contribution in [0.25, 0.3) is 10.8 Å². The highest BCUT2D eigenvalue weighted by atomic mass is 16.5. The smallest absolute Gasteiger partial charge is 0.314 e. The topological polar surface area (TPSA) is 52.6 Å². The van der Waals surface area contributed by atoms with Gasteiger partial charge in [-0.05, 0) is 34.7 Å². The molecule has 0 radical (unpaired) electrons. The highest BCUT2D eigenvalue weighted by Crippen LogP contribution is 2.40. The van der Waals surface area contributed by atoms with E-state index >= 15 is 0 Å². The third-order valence-electron chi connectivity index (χ3n) is 4.48. The Hall–Kier alpha value is -2.36. The normalized spacial score (nSPS) is 20.3. The molecule has 0 N–H and O–H groups in total. The average molecular weight is 298 g/mol. The summed E-state index contributed by atoms with van der Waals surface area (Å²) in [6, 6.07) is 12.0. The number of carbonyl (C=O) groups is 2. The molecular weight excluding hydrogens is 280 g/mol. The molecule has 1 aliphatic rings. The molecule has 22 heavy (non-hydrogen) atoms. The van der Waals surface area contributed by atoms with Crippen LogP contribution in [0.4, 0.5) is 0 Å². The summed E-state index contributed by atoms with van der Waals surface area (Å²) < 4.78 is 9.81. The van der Waals surface area contributed by atoms with Crippen molar-refractivity contribution in [3.05, 3.63) is 47.5 Å². The van der Waals surface area contributed by atoms with Gasteiger partial charge >= 0.3 is 11.9 Å². The molecule has 0 aliphatic heterocycles. The van der Waals surface area contributed by atoms with Gasteiger partial charge in [0.05, 0.1) is 26.1 Å². The van der Waals surface area contributed by atoms with Gasteiger partial charge in [-0.25, -0.2) is 0 Å². The molecule has 0 bridgehead atoms. The van der Waals surface area contributed by atoms with Crippen molar-refractivity contribution in [2.75, 3.05) is 14.2 Å². The molecule has 0 amide bonds. The van der Waals surface area contributed by atoms with Crippen LogP contribution in [0.1, 0.15) is 23.5 Å². The van der Waals surface area contributed by atoms with Crippen molar-refractivity contribution in [1.82, 2.24) is 0 Å². The monoisotopic (exact) mass is 298 g/mol. The van der Waals surface area contributed by atoms with Crippen LogP contribution in [-0.2, 0) is 25.5 Å². The molecule has 4 nitrogen and oxygen atoms in total. The maximum Gasteiger partial charge on any atom is 0.314 e. The van der Waals surface area contributed by atoms with Crippen molar-refractivity contribution in [3.63, 3.8) is 0 Å². The summed E-state index contributed by atoms with van der Waals surface area (Å²) in [5, 5.41) is 2.28. The minimum absolute atomic E-state index is 0.353. The van der Waals surface area contributed by atoms with Gasteiger partial charge in [0, 0.05) is 0 Å². The van der Waals surface area contributed by atoms with Gasteiger partial charge in [-0.2, -0.15) is 0 Å². The Morgan fingerprint density at radius 1 is 1.00 bits per heavy atom. The van der Waals surface area contributed by atoms with Gasteiger partial charge in [-0.3, -0.25) is 9.59 Å². The maximum absolute atomic E-state index is 12.3. The molecule has 1 aliphatic carbocycles. The number of benzene rings is 2. The molecule has 2 atom stereocenters. The highest BCUT2D eigenvalue weighted by Gasteiger charge is 2.40. The van der Waals surface area contributed by atoms with E-state index in [0.717, 1.165) is 28.3 Å². The van der Waals surface area contributed by atoms with E-state index in [2.05, 4.69) is 12.1 Å². The summed E-state index contributed by atoms with van der Waals surface area (Å²) in [6.07, 6.45) is 1.34. The van der Waals surface area contributed by atoms with E-state index in [-0.39, 0.29) is 11.9 Å². The van der Waals surface area contributed by atoms with Gasteiger partial charge in [0.2, 0.25) is 0 Å². The zero-order chi connectivity index (χ0) is 15.7. The van der Waals surface area contributed by atoms with Crippen molar-refractivity contribution in [3.8, 4) is 0 Å². The molecule has 4 heteroatoms. The number of fused-ring (bicyclic) bond motifs is 3. The van der Waals surface area contributed by atoms with Gasteiger partial charge in [0.1, 0.15) is 0 Å². The fourth-order valence-electron chi connectivity index (χ4n) is 3.43. The first kappa shape index (κ1) is 14.6. The van der Waals surface area contributed by atoms with Crippen LogP contribution >= 0.6 is 0 Å². The number of aryl methyl sites for hydroxylation is 1. The summed E-state index contributed by atoms with van der Waals surface area (Å²) in [5.74, 6) is -1.81. The molecule has 0 spiro atoms. The van der Waals surface area contributed by atoms with Gasteiger partial charge in [-0.1, -0.05) is 36.4 Å². The van der Waals surface area contributed by atoms with Gasteiger partial charge in [0.25, 0.3) is 0 Å². The van der Waals surface area contributed by atoms with Crippen LogP contribution in [-0.4, -0.2) is 26.2 Å². The molecular formula is C18H18O4. The largest absolute Gasteiger partial charge is 0.469 e. The zero-order valence-electron chi connectivity index (χ0n) is 12.7. The van der Waals surface area contributed by atoms with Crippen molar-refractivity contribution >= 4 is 22.7 Å². The number of methoxy groups -OCH3 is 2. The van der Waals surface area contributed by atoms with Crippen LogP contribution < -0.4 is 0 Å². The number of carbonyl (C=O) groups excluding carboxylic acids is 2. The molecule has 3 rings (SSSR count). The predicted molar refractivity (Wildman–Crippen MR) is 82.5 cm³/mol. The minimum atomic E-state index is -0.592. The lowest BCUT2D eigenvalue weighted by molar-refractivity contribution is -0.154. The number of rotatable bonds is 2. The summed E-state index contributed by atoms with van der Waals surface area (Å²) in [5.41, 5.74) is 2.01. The Labute approximate surface area is 129 Å². The van der Waals surface area contributed by atoms with E-state index in [0.29, 0.717) is 6.42 Å². The van der Waals surface area contributed by atoms with Gasteiger partial charge < -0.3 is 9.47 Å². The Balaban J connectivity index is 2.17. The Morgan fingerprint density at radius 3 is 2.45 bits per heavy atom. The van der Waals surface area contributed by atoms with Crippen molar-refractivity contribution in [1.29, 1.82) is 0 Å². The van der Waals surface area contributed by atoms with Crippen LogP contribution in [0, 0.1) is 5.92 Å². The molecule has 114 valence electrons. The standard InChI is InChI=1S/C18H18O4/c1-21-17(19)15-10-9-13-12-6-4-3-5-11(12)7-8-14(13)16(15)18(20)22-2/h3-8,15-16H,9-10H2,1-2H3. The van der Waals surface area contributed by atoms with Crippen molar-refractivity contribution in [2.24, 2.45) is 5.92 Å². The third-order valence-corrected chi connectivity index (χ3v) is 4.48. The fraction of sp³-hybridized carbons (Fsp3) is 0.333. The number of hydrogen-bond acceptors (Lipinski definition) is 4. The second-order valence-corrected chi connectivity index (χ2v) is 5.52. The minimum Gasteiger partial charge on any atom is -0.469 e. The zero-order valence-corrected chi connectivity index (χ0v) is 12.7. The van der Waals surface area contributed by atoms with E-state index < -0.39 is 11.8 Å². The Morgan fingerprint density at radius 2 is 1.73 bits per heavy atom. The molecule has 0 heterocycles. The average Bonchev–Trinajstić information content (AvgIpc) is 2.59. The SMILES string of the molecule is COC(=O)C1CCc2c(ccc3ccccc23)C1C(=O)OC. The number of ether oxygens (including phenoxy) is 2. The van der Waals surface area contributed by atoms with Crippen LogP contribution in [0.2, 0.25) is 0 Å². The maximum atomic E-state index is 12.3. The van der Waals surface area contributed by atoms with E-state index in [1.54, 1.807) is 0 Å². The summed E-state index contributed by atoms with van der Waals surface area (Å²) in [4.78, 5) is 24.3. The van der Waals surface area contributed by atoms with E-state index in [1.807, 2.05) is 24.3 Å². The molecule has 0 saturated heterocycles. The number of esters is 2. The van der Waals surface area contributed by atoms with Crippen LogP contribution in [0.5, 0.6) is 0 Å². The Bertz CT molecular complexity index is 735. The van der Waals surface area contributed by atoms with Crippen molar-refractivity contribution < 1.29 is 19.1 Å². The summed E-state index contributed by atoms with van der Waals surface area (Å²) in [6.45, 7) is 0. The molecule has 0 aromatic heterocycles. The molecule has 0 saturated carbocycles. The van der Waals surface area contributed by atoms with Crippen molar-refractivity contribution in [2.45, 2.75) is 18.8 Å². The second kappa shape index (κ2) is 5.79. The summed E-state index contributed by atoms with van der Waals surface area (Å²) in [7, 11) is 2.71. The van der Waals surface area contributed by atoms with E-state index in [1.165, 1.54) is 14.2 Å². The first-order chi connectivity index (χ1) is 10.7. The lowest BCUT2D eigenvalue weighted by Crippen LogP contribution is -2.34. The first-order valence-corrected chi connectivity index (χ1v) is 7.33. The Kier molecular flexibility index (Phi) is 3.84. The number of hydrogen-bond donors (Lipinski definition) is 0. The molecule has 2 aromatic rings. The lowest BCUT2D eigenvalue weighted by Gasteiger charge is -2.30. The summed E-state index contributed by atoms with van der Waals surface area (Å²) >= 11 is 0. The van der Waals surface area contributed by atoms with Gasteiger partial charge in [0.15, 0.2) is 0 Å². The van der Waals surface area contributed by atoms with E-state index in [9.17, 15) is 9.59 Å². The predicted octanol–water partition coefficient (Wildman–Crippen LogP) is 2.83. The van der Waals surface area contributed by atoms with Crippen LogP contribution in [0.15, 0.2) is 36.4 Å². The molecule has 0 fully saturated rings. The lowest BCUT2D eigenvalue weighted by atomic mass is 9.73. The fourth-order valence-corrected chi connectivity index (χ4v) is 3.43. The highest BCUT2D eigenvalue weighted by molar-refractivity contribution is 5.92. The van der Waals surface area contributed by atoms with Gasteiger partial charge in [-0.15, -0.1) is 0 Å².